The summed E-state index contributed by atoms with van der Waals surface area (Å²) in [5.41, 5.74) is 1.49. The summed E-state index contributed by atoms with van der Waals surface area (Å²) in [7, 11) is 1.60. The Bertz CT molecular complexity index is 326. The molecule has 0 saturated heterocycles. The Kier molecular flexibility index (Phi) is 18.2. The van der Waals surface area contributed by atoms with Gasteiger partial charge >= 0.3 is 0 Å². The van der Waals surface area contributed by atoms with E-state index in [4.69, 9.17) is 0 Å². The first-order valence-corrected chi connectivity index (χ1v) is 10.9. The van der Waals surface area contributed by atoms with Gasteiger partial charge in [0, 0.05) is 0 Å². The fourth-order valence-electron chi connectivity index (χ4n) is 2.86. The smallest absolute Gasteiger partial charge is 0.00342 e. The van der Waals surface area contributed by atoms with Gasteiger partial charge < -0.3 is 0 Å². The maximum Gasteiger partial charge on any atom is -0.00342 e. The molecule has 0 aliphatic carbocycles. The van der Waals surface area contributed by atoms with Gasteiger partial charge in [-0.3, -0.25) is 0 Å². The van der Waals surface area contributed by atoms with Crippen LogP contribution in [0.5, 0.6) is 0 Å². The molecular formula is C21H37ClP. The van der Waals surface area contributed by atoms with E-state index >= 15 is 0 Å². The first-order chi connectivity index (χ1) is 10.9. The lowest BCUT2D eigenvalue weighted by Crippen LogP contribution is -1.84. The number of halogens is 1. The quantitative estimate of drug-likeness (QED) is 0.219. The zero-order chi connectivity index (χ0) is 15.7. The highest BCUT2D eigenvalue weighted by molar-refractivity contribution is 7.37. The van der Waals surface area contributed by atoms with Crippen LogP contribution < -0.4 is 0 Å². The molecule has 1 aromatic carbocycles. The Morgan fingerprint density at radius 2 is 1.13 bits per heavy atom. The van der Waals surface area contributed by atoms with Crippen molar-refractivity contribution < 1.29 is 0 Å². The Hall–Kier alpha value is -0.0600. The van der Waals surface area contributed by atoms with Crippen LogP contribution in [0.2, 0.25) is 0 Å². The zero-order valence-electron chi connectivity index (χ0n) is 15.1. The fraction of sp³-hybridized carbons (Fsp3) is 0.714. The van der Waals surface area contributed by atoms with E-state index in [0.717, 1.165) is 0 Å². The van der Waals surface area contributed by atoms with E-state index in [1.165, 1.54) is 94.9 Å². The van der Waals surface area contributed by atoms with Crippen LogP contribution in [0.1, 0.15) is 89.5 Å². The average molecular weight is 356 g/mol. The topological polar surface area (TPSA) is 0 Å². The van der Waals surface area contributed by atoms with Crippen LogP contribution in [0.3, 0.4) is 0 Å². The van der Waals surface area contributed by atoms with Crippen LogP contribution in [0, 0.1) is 0 Å². The highest BCUT2D eigenvalue weighted by atomic mass is 35.5. The standard InChI is InChI=1S/C21H36P.ClH/c1-2-3-4-5-6-7-8-9-10-11-12-16-19-22-20-21-17-14-13-15-18-21;/h13-15,17-18H,2-12,16,19-20H2,1H3;1H. The zero-order valence-corrected chi connectivity index (χ0v) is 16.9. The summed E-state index contributed by atoms with van der Waals surface area (Å²) in [5.74, 6) is 0. The highest BCUT2D eigenvalue weighted by Gasteiger charge is 1.95. The molecule has 23 heavy (non-hydrogen) atoms. The summed E-state index contributed by atoms with van der Waals surface area (Å²) in [4.78, 5) is 0. The van der Waals surface area contributed by atoms with Gasteiger partial charge in [-0.1, -0.05) is 116 Å². The first kappa shape index (κ1) is 22.9. The third-order valence-electron chi connectivity index (χ3n) is 4.31. The molecule has 0 atom stereocenters. The summed E-state index contributed by atoms with van der Waals surface area (Å²) in [5, 5.41) is 0. The van der Waals surface area contributed by atoms with Gasteiger partial charge in [0.25, 0.3) is 0 Å². The molecule has 0 saturated carbocycles. The fourth-order valence-corrected chi connectivity index (χ4v) is 3.93. The Morgan fingerprint density at radius 1 is 0.652 bits per heavy atom. The minimum Gasteiger partial charge on any atom is -0.147 e. The number of hydrogen-bond donors (Lipinski definition) is 0. The molecule has 0 amide bonds. The molecule has 0 heterocycles. The number of benzene rings is 1. The number of rotatable bonds is 15. The van der Waals surface area contributed by atoms with Crippen molar-refractivity contribution in [3.63, 3.8) is 0 Å². The monoisotopic (exact) mass is 355 g/mol. The van der Waals surface area contributed by atoms with E-state index in [2.05, 4.69) is 37.3 Å². The third kappa shape index (κ3) is 15.2. The van der Waals surface area contributed by atoms with E-state index in [9.17, 15) is 0 Å². The molecule has 0 nitrogen and oxygen atoms in total. The normalized spacial score (nSPS) is 11.0. The summed E-state index contributed by atoms with van der Waals surface area (Å²) in [6, 6.07) is 10.9. The molecule has 1 rings (SSSR count). The van der Waals surface area contributed by atoms with Crippen molar-refractivity contribution in [3.05, 3.63) is 35.9 Å². The van der Waals surface area contributed by atoms with Crippen LogP contribution in [0.15, 0.2) is 30.3 Å². The number of unbranched alkanes of at least 4 members (excludes halogenated alkanes) is 11. The van der Waals surface area contributed by atoms with Gasteiger partial charge in [0.15, 0.2) is 0 Å². The summed E-state index contributed by atoms with van der Waals surface area (Å²) in [6.45, 7) is 2.29. The van der Waals surface area contributed by atoms with Gasteiger partial charge in [-0.25, -0.2) is 0 Å². The van der Waals surface area contributed by atoms with Crippen LogP contribution >= 0.6 is 21.0 Å². The third-order valence-corrected chi connectivity index (χ3v) is 5.53. The molecule has 133 valence electrons. The maximum atomic E-state index is 2.29. The molecule has 1 aromatic rings. The molecule has 0 N–H and O–H groups in total. The second-order valence-corrected chi connectivity index (χ2v) is 7.69. The molecule has 1 radical (unpaired) electrons. The van der Waals surface area contributed by atoms with Crippen molar-refractivity contribution in [1.29, 1.82) is 0 Å². The maximum absolute atomic E-state index is 2.29. The van der Waals surface area contributed by atoms with Crippen molar-refractivity contribution in [2.75, 3.05) is 6.16 Å². The SMILES string of the molecule is CCCCCCCCCCCCCC[P]Cc1ccccc1.Cl. The summed E-state index contributed by atoms with van der Waals surface area (Å²) >= 11 is 0. The van der Waals surface area contributed by atoms with Gasteiger partial charge in [0.05, 0.1) is 0 Å². The molecule has 0 aliphatic rings. The van der Waals surface area contributed by atoms with E-state index < -0.39 is 0 Å². The van der Waals surface area contributed by atoms with E-state index in [-0.39, 0.29) is 12.4 Å². The van der Waals surface area contributed by atoms with Crippen molar-refractivity contribution in [2.24, 2.45) is 0 Å². The largest absolute Gasteiger partial charge is 0.147 e. The van der Waals surface area contributed by atoms with E-state index in [1.807, 2.05) is 0 Å². The van der Waals surface area contributed by atoms with Crippen LogP contribution in [-0.2, 0) is 6.16 Å². The van der Waals surface area contributed by atoms with Gasteiger partial charge in [0.2, 0.25) is 0 Å². The second-order valence-electron chi connectivity index (χ2n) is 6.48. The minimum atomic E-state index is 0. The summed E-state index contributed by atoms with van der Waals surface area (Å²) < 4.78 is 0. The van der Waals surface area contributed by atoms with Crippen molar-refractivity contribution >= 4 is 21.0 Å². The van der Waals surface area contributed by atoms with Gasteiger partial charge in [-0.15, -0.1) is 12.4 Å². The van der Waals surface area contributed by atoms with Crippen molar-refractivity contribution in [1.82, 2.24) is 0 Å². The molecule has 0 unspecified atom stereocenters. The molecule has 2 heteroatoms. The Balaban J connectivity index is 0.00000484. The molecule has 0 aromatic heterocycles. The van der Waals surface area contributed by atoms with Crippen LogP contribution in [0.25, 0.3) is 0 Å². The Morgan fingerprint density at radius 3 is 1.65 bits per heavy atom. The molecule has 0 fully saturated rings. The Labute approximate surface area is 153 Å². The van der Waals surface area contributed by atoms with Gasteiger partial charge in [0.1, 0.15) is 0 Å². The lowest BCUT2D eigenvalue weighted by molar-refractivity contribution is 0.548. The minimum absolute atomic E-state index is 0. The molecule has 0 bridgehead atoms. The highest BCUT2D eigenvalue weighted by Crippen LogP contribution is 2.20. The van der Waals surface area contributed by atoms with E-state index in [0.29, 0.717) is 0 Å². The summed E-state index contributed by atoms with van der Waals surface area (Å²) in [6.07, 6.45) is 20.0. The molecule has 0 aliphatic heterocycles. The predicted octanol–water partition coefficient (Wildman–Crippen LogP) is 8.26. The lowest BCUT2D eigenvalue weighted by atomic mass is 10.1. The second kappa shape index (κ2) is 18.3. The van der Waals surface area contributed by atoms with Crippen LogP contribution in [0.4, 0.5) is 0 Å². The van der Waals surface area contributed by atoms with Crippen molar-refractivity contribution in [3.8, 4) is 0 Å². The molecular weight excluding hydrogens is 319 g/mol. The molecule has 0 spiro atoms. The van der Waals surface area contributed by atoms with Gasteiger partial charge in [-0.05, 0) is 24.3 Å². The first-order valence-electron chi connectivity index (χ1n) is 9.60. The van der Waals surface area contributed by atoms with Gasteiger partial charge in [-0.2, -0.15) is 0 Å². The van der Waals surface area contributed by atoms with E-state index in [1.54, 1.807) is 8.58 Å². The number of hydrogen-bond acceptors (Lipinski definition) is 0. The predicted molar refractivity (Wildman–Crippen MR) is 110 cm³/mol. The average Bonchev–Trinajstić information content (AvgIpc) is 2.56. The van der Waals surface area contributed by atoms with Crippen LogP contribution in [-0.4, -0.2) is 6.16 Å². The van der Waals surface area contributed by atoms with Crippen molar-refractivity contribution in [2.45, 2.75) is 90.1 Å². The lowest BCUT2D eigenvalue weighted by Gasteiger charge is -2.03.